The summed E-state index contributed by atoms with van der Waals surface area (Å²) in [6.45, 7) is 1.98. The van der Waals surface area contributed by atoms with Crippen LogP contribution in [0.15, 0.2) is 46.9 Å². The van der Waals surface area contributed by atoms with Crippen molar-refractivity contribution in [2.24, 2.45) is 0 Å². The lowest BCUT2D eigenvalue weighted by atomic mass is 10.1. The van der Waals surface area contributed by atoms with Gasteiger partial charge in [-0.1, -0.05) is 28.1 Å². The van der Waals surface area contributed by atoms with Crippen LogP contribution >= 0.6 is 15.9 Å². The van der Waals surface area contributed by atoms with E-state index in [9.17, 15) is 9.18 Å². The molecule has 2 aromatic carbocycles. The molecule has 0 saturated heterocycles. The normalized spacial score (nSPS) is 11.8. The minimum Gasteiger partial charge on any atom is -0.378 e. The fourth-order valence-corrected chi connectivity index (χ4v) is 2.77. The molecule has 2 rings (SSSR count). The predicted octanol–water partition coefficient (Wildman–Crippen LogP) is 4.12. The van der Waals surface area contributed by atoms with Gasteiger partial charge in [0, 0.05) is 28.8 Å². The first-order valence-electron chi connectivity index (χ1n) is 6.55. The van der Waals surface area contributed by atoms with Crippen LogP contribution in [0.5, 0.6) is 0 Å². The molecule has 5 heteroatoms. The quantitative estimate of drug-likeness (QED) is 0.870. The van der Waals surface area contributed by atoms with Gasteiger partial charge in [-0.05, 0) is 42.8 Å². The second-order valence-corrected chi connectivity index (χ2v) is 5.55. The maximum absolute atomic E-state index is 13.1. The average Bonchev–Trinajstić information content (AvgIpc) is 2.46. The Bertz CT molecular complexity index is 660. The van der Waals surface area contributed by atoms with Crippen molar-refractivity contribution in [3.63, 3.8) is 0 Å². The Labute approximate surface area is 131 Å². The molecular weight excluding hydrogens is 335 g/mol. The van der Waals surface area contributed by atoms with Crippen molar-refractivity contribution in [2.45, 2.75) is 13.0 Å². The molecule has 0 aliphatic carbocycles. The fourth-order valence-electron chi connectivity index (χ4n) is 2.07. The monoisotopic (exact) mass is 350 g/mol. The molecule has 1 amide bonds. The molecule has 0 heterocycles. The molecule has 0 aromatic heterocycles. The highest BCUT2D eigenvalue weighted by Crippen LogP contribution is 2.27. The van der Waals surface area contributed by atoms with Crippen LogP contribution < -0.4 is 10.6 Å². The first-order valence-corrected chi connectivity index (χ1v) is 7.34. The zero-order valence-corrected chi connectivity index (χ0v) is 13.4. The summed E-state index contributed by atoms with van der Waals surface area (Å²) in [6, 6.07) is 11.8. The molecule has 0 aliphatic rings. The predicted molar refractivity (Wildman–Crippen MR) is 86.0 cm³/mol. The molecule has 110 valence electrons. The number of carbonyl (C=O) groups excluding carboxylic acids is 1. The van der Waals surface area contributed by atoms with Crippen LogP contribution in [0.4, 0.5) is 10.1 Å². The lowest BCUT2D eigenvalue weighted by Crippen LogP contribution is -2.18. The molecule has 2 aromatic rings. The molecule has 1 unspecified atom stereocenters. The third-order valence-electron chi connectivity index (χ3n) is 3.16. The van der Waals surface area contributed by atoms with Crippen LogP contribution in [-0.2, 0) is 0 Å². The number of hydrogen-bond acceptors (Lipinski definition) is 2. The van der Waals surface area contributed by atoms with Crippen molar-refractivity contribution in [3.8, 4) is 0 Å². The molecule has 2 N–H and O–H groups in total. The highest BCUT2D eigenvalue weighted by Gasteiger charge is 2.11. The lowest BCUT2D eigenvalue weighted by Gasteiger charge is -2.17. The number of nitrogens with one attached hydrogen (secondary N) is 2. The highest BCUT2D eigenvalue weighted by molar-refractivity contribution is 9.10. The zero-order chi connectivity index (χ0) is 15.4. The summed E-state index contributed by atoms with van der Waals surface area (Å²) >= 11 is 3.37. The summed E-state index contributed by atoms with van der Waals surface area (Å²) in [5.41, 5.74) is 2.37. The van der Waals surface area contributed by atoms with E-state index >= 15 is 0 Å². The fraction of sp³-hybridized carbons (Fsp3) is 0.188. The lowest BCUT2D eigenvalue weighted by molar-refractivity contribution is 0.0963. The Hall–Kier alpha value is -1.88. The first-order chi connectivity index (χ1) is 10.0. The Kier molecular flexibility index (Phi) is 4.96. The summed E-state index contributed by atoms with van der Waals surface area (Å²) < 4.78 is 13.8. The molecule has 0 aliphatic heterocycles. The van der Waals surface area contributed by atoms with Gasteiger partial charge in [0.25, 0.3) is 5.91 Å². The van der Waals surface area contributed by atoms with Crippen molar-refractivity contribution in [1.29, 1.82) is 0 Å². The van der Waals surface area contributed by atoms with Gasteiger partial charge >= 0.3 is 0 Å². The number of amides is 1. The van der Waals surface area contributed by atoms with Gasteiger partial charge < -0.3 is 10.6 Å². The summed E-state index contributed by atoms with van der Waals surface area (Å²) in [4.78, 5) is 11.6. The van der Waals surface area contributed by atoms with Gasteiger partial charge in [0.05, 0.1) is 0 Å². The Morgan fingerprint density at radius 2 is 2.00 bits per heavy atom. The minimum atomic E-state index is -0.278. The van der Waals surface area contributed by atoms with E-state index < -0.39 is 0 Å². The average molecular weight is 351 g/mol. The van der Waals surface area contributed by atoms with Crippen molar-refractivity contribution >= 4 is 27.5 Å². The Morgan fingerprint density at radius 1 is 1.24 bits per heavy atom. The van der Waals surface area contributed by atoms with Crippen molar-refractivity contribution in [3.05, 3.63) is 63.9 Å². The summed E-state index contributed by atoms with van der Waals surface area (Å²) in [5.74, 6) is -0.409. The molecule has 3 nitrogen and oxygen atoms in total. The molecule has 0 spiro atoms. The Morgan fingerprint density at radius 3 is 2.67 bits per heavy atom. The van der Waals surface area contributed by atoms with E-state index in [2.05, 4.69) is 26.6 Å². The molecule has 1 atom stereocenters. The van der Waals surface area contributed by atoms with E-state index in [4.69, 9.17) is 0 Å². The molecule has 0 fully saturated rings. The van der Waals surface area contributed by atoms with Crippen LogP contribution in [0.3, 0.4) is 0 Å². The molecular formula is C16H16BrFN2O. The van der Waals surface area contributed by atoms with E-state index in [-0.39, 0.29) is 17.8 Å². The van der Waals surface area contributed by atoms with Crippen LogP contribution in [0.2, 0.25) is 0 Å². The van der Waals surface area contributed by atoms with Gasteiger partial charge in [0.15, 0.2) is 0 Å². The van der Waals surface area contributed by atoms with E-state index in [0.29, 0.717) is 10.0 Å². The van der Waals surface area contributed by atoms with Crippen LogP contribution in [0.1, 0.15) is 28.9 Å². The summed E-state index contributed by atoms with van der Waals surface area (Å²) in [6.07, 6.45) is 0. The first kappa shape index (κ1) is 15.5. The van der Waals surface area contributed by atoms with Gasteiger partial charge in [-0.15, -0.1) is 0 Å². The zero-order valence-electron chi connectivity index (χ0n) is 11.8. The third-order valence-corrected chi connectivity index (χ3v) is 3.85. The Balaban J connectivity index is 2.19. The van der Waals surface area contributed by atoms with Gasteiger partial charge in [-0.3, -0.25) is 4.79 Å². The van der Waals surface area contributed by atoms with Gasteiger partial charge in [-0.2, -0.15) is 0 Å². The second kappa shape index (κ2) is 6.72. The smallest absolute Gasteiger partial charge is 0.251 e. The number of carbonyl (C=O) groups is 1. The molecule has 0 radical (unpaired) electrons. The highest BCUT2D eigenvalue weighted by atomic mass is 79.9. The second-order valence-electron chi connectivity index (χ2n) is 4.69. The van der Waals surface area contributed by atoms with Crippen molar-refractivity contribution in [2.75, 3.05) is 12.4 Å². The number of halogens is 2. The van der Waals surface area contributed by atoms with Crippen LogP contribution in [0, 0.1) is 5.82 Å². The molecule has 21 heavy (non-hydrogen) atoms. The number of hydrogen-bond donors (Lipinski definition) is 2. The standard InChI is InChI=1S/C16H16BrFN2O/c1-10(14-7-6-12(18)9-15(14)17)20-13-5-3-4-11(8-13)16(21)19-2/h3-10,20H,1-2H3,(H,19,21). The topological polar surface area (TPSA) is 41.1 Å². The van der Waals surface area contributed by atoms with Crippen molar-refractivity contribution < 1.29 is 9.18 Å². The maximum Gasteiger partial charge on any atom is 0.251 e. The SMILES string of the molecule is CNC(=O)c1cccc(NC(C)c2ccc(F)cc2Br)c1. The van der Waals surface area contributed by atoms with Crippen LogP contribution in [0.25, 0.3) is 0 Å². The maximum atomic E-state index is 13.1. The van der Waals surface area contributed by atoms with E-state index in [1.165, 1.54) is 12.1 Å². The summed E-state index contributed by atoms with van der Waals surface area (Å²) in [7, 11) is 1.60. The van der Waals surface area contributed by atoms with E-state index in [1.807, 2.05) is 19.1 Å². The largest absolute Gasteiger partial charge is 0.378 e. The summed E-state index contributed by atoms with van der Waals surface area (Å²) in [5, 5.41) is 5.90. The number of benzene rings is 2. The van der Waals surface area contributed by atoms with Gasteiger partial charge in [0.1, 0.15) is 5.82 Å². The van der Waals surface area contributed by atoms with E-state index in [1.54, 1.807) is 25.2 Å². The number of rotatable bonds is 4. The van der Waals surface area contributed by atoms with Gasteiger partial charge in [0.2, 0.25) is 0 Å². The minimum absolute atomic E-state index is 0.0279. The number of anilines is 1. The van der Waals surface area contributed by atoms with Crippen molar-refractivity contribution in [1.82, 2.24) is 5.32 Å². The van der Waals surface area contributed by atoms with Gasteiger partial charge in [-0.25, -0.2) is 4.39 Å². The molecule has 0 bridgehead atoms. The molecule has 0 saturated carbocycles. The van der Waals surface area contributed by atoms with Crippen LogP contribution in [-0.4, -0.2) is 13.0 Å². The van der Waals surface area contributed by atoms with E-state index in [0.717, 1.165) is 11.3 Å². The third kappa shape index (κ3) is 3.82.